The van der Waals surface area contributed by atoms with Crippen molar-refractivity contribution in [2.24, 2.45) is 0 Å². The number of hydrogen-bond donors (Lipinski definition) is 4. The van der Waals surface area contributed by atoms with Crippen LogP contribution >= 0.6 is 0 Å². The quantitative estimate of drug-likeness (QED) is 0.567. The van der Waals surface area contributed by atoms with Gasteiger partial charge in [-0.1, -0.05) is 0 Å². The van der Waals surface area contributed by atoms with Crippen LogP contribution in [0.2, 0.25) is 0 Å². The molecule has 2 aliphatic rings. The van der Waals surface area contributed by atoms with Gasteiger partial charge in [-0.25, -0.2) is 15.0 Å². The number of ether oxygens (including phenoxy) is 1. The van der Waals surface area contributed by atoms with Crippen molar-refractivity contribution >= 4 is 17.0 Å². The van der Waals surface area contributed by atoms with Crippen molar-refractivity contribution in [2.75, 3.05) is 11.9 Å². The second-order valence-corrected chi connectivity index (χ2v) is 5.69. The SMILES string of the molecule is OC[C@H]1O[C@@H](n2cnc3c(NC4CC4)ncnc32)C(O)C1O. The fourth-order valence-corrected chi connectivity index (χ4v) is 2.67. The minimum Gasteiger partial charge on any atom is -0.394 e. The van der Waals surface area contributed by atoms with Crippen molar-refractivity contribution in [1.82, 2.24) is 19.5 Å². The summed E-state index contributed by atoms with van der Waals surface area (Å²) in [4.78, 5) is 12.7. The largest absolute Gasteiger partial charge is 0.394 e. The molecule has 0 amide bonds. The van der Waals surface area contributed by atoms with Gasteiger partial charge in [0.25, 0.3) is 0 Å². The second kappa shape index (κ2) is 5.13. The standard InChI is InChI=1S/C13H17N5O4/c19-3-7-9(20)10(21)13(22-7)18-5-16-8-11(17-6-1-2-6)14-4-15-12(8)18/h4-7,9-10,13,19-21H,1-3H2,(H,14,15,17)/t7-,9?,10?,13-/m1/s1. The van der Waals surface area contributed by atoms with E-state index in [1.807, 2.05) is 0 Å². The monoisotopic (exact) mass is 307 g/mol. The zero-order valence-corrected chi connectivity index (χ0v) is 11.7. The fourth-order valence-electron chi connectivity index (χ4n) is 2.67. The van der Waals surface area contributed by atoms with Gasteiger partial charge in [0.15, 0.2) is 23.2 Å². The molecule has 118 valence electrons. The highest BCUT2D eigenvalue weighted by Gasteiger charge is 2.44. The Morgan fingerprint density at radius 3 is 2.73 bits per heavy atom. The number of hydrogen-bond acceptors (Lipinski definition) is 8. The number of aliphatic hydroxyl groups is 3. The zero-order chi connectivity index (χ0) is 15.3. The van der Waals surface area contributed by atoms with E-state index in [4.69, 9.17) is 4.74 Å². The number of anilines is 1. The summed E-state index contributed by atoms with van der Waals surface area (Å²) in [5.74, 6) is 0.651. The van der Waals surface area contributed by atoms with E-state index in [1.54, 1.807) is 4.57 Å². The van der Waals surface area contributed by atoms with Gasteiger partial charge in [0.05, 0.1) is 12.9 Å². The summed E-state index contributed by atoms with van der Waals surface area (Å²) in [5.41, 5.74) is 1.10. The third kappa shape index (κ3) is 2.13. The van der Waals surface area contributed by atoms with Crippen LogP contribution in [0.4, 0.5) is 5.82 Å². The molecular formula is C13H17N5O4. The van der Waals surface area contributed by atoms with Crippen molar-refractivity contribution in [1.29, 1.82) is 0 Å². The van der Waals surface area contributed by atoms with E-state index in [0.717, 1.165) is 12.8 Å². The summed E-state index contributed by atoms with van der Waals surface area (Å²) in [6.07, 6.45) is 1.15. The minimum atomic E-state index is -1.16. The molecule has 2 aromatic rings. The second-order valence-electron chi connectivity index (χ2n) is 5.69. The first-order valence-electron chi connectivity index (χ1n) is 7.25. The highest BCUT2D eigenvalue weighted by molar-refractivity contribution is 5.83. The molecule has 2 aromatic heterocycles. The summed E-state index contributed by atoms with van der Waals surface area (Å²) in [6.45, 7) is -0.370. The van der Waals surface area contributed by atoms with Crippen LogP contribution in [0.1, 0.15) is 19.1 Å². The number of fused-ring (bicyclic) bond motifs is 1. The maximum Gasteiger partial charge on any atom is 0.167 e. The number of nitrogens with one attached hydrogen (secondary N) is 1. The first-order chi connectivity index (χ1) is 10.7. The van der Waals surface area contributed by atoms with Gasteiger partial charge in [-0.05, 0) is 12.8 Å². The Balaban J connectivity index is 1.70. The Kier molecular flexibility index (Phi) is 3.22. The van der Waals surface area contributed by atoms with Crippen LogP contribution in [0, 0.1) is 0 Å². The minimum absolute atomic E-state index is 0.370. The van der Waals surface area contributed by atoms with Crippen molar-refractivity contribution in [2.45, 2.75) is 43.4 Å². The molecule has 1 saturated heterocycles. The van der Waals surface area contributed by atoms with Crippen molar-refractivity contribution in [3.05, 3.63) is 12.7 Å². The zero-order valence-electron chi connectivity index (χ0n) is 11.7. The predicted molar refractivity (Wildman–Crippen MR) is 75.0 cm³/mol. The Labute approximate surface area is 125 Å². The molecule has 0 radical (unpaired) electrons. The van der Waals surface area contributed by atoms with Crippen LogP contribution < -0.4 is 5.32 Å². The number of rotatable bonds is 4. The maximum atomic E-state index is 10.1. The number of imidazole rings is 1. The molecule has 1 saturated carbocycles. The van der Waals surface area contributed by atoms with E-state index >= 15 is 0 Å². The first kappa shape index (κ1) is 13.8. The average Bonchev–Trinajstić information content (AvgIpc) is 3.16. The molecular weight excluding hydrogens is 290 g/mol. The summed E-state index contributed by atoms with van der Waals surface area (Å²) >= 11 is 0. The Hall–Kier alpha value is -1.81. The van der Waals surface area contributed by atoms with Gasteiger partial charge in [-0.3, -0.25) is 4.57 Å². The molecule has 2 unspecified atom stereocenters. The van der Waals surface area contributed by atoms with Crippen LogP contribution in [0.25, 0.3) is 11.2 Å². The van der Waals surface area contributed by atoms with Crippen LogP contribution in [0.5, 0.6) is 0 Å². The molecule has 0 bridgehead atoms. The lowest BCUT2D eigenvalue weighted by atomic mass is 10.1. The molecule has 2 fully saturated rings. The number of aliphatic hydroxyl groups excluding tert-OH is 3. The van der Waals surface area contributed by atoms with Crippen LogP contribution in [-0.2, 0) is 4.74 Å². The van der Waals surface area contributed by atoms with E-state index < -0.39 is 24.5 Å². The van der Waals surface area contributed by atoms with Crippen LogP contribution in [0.15, 0.2) is 12.7 Å². The van der Waals surface area contributed by atoms with Gasteiger partial charge >= 0.3 is 0 Å². The molecule has 3 heterocycles. The molecule has 1 aliphatic heterocycles. The van der Waals surface area contributed by atoms with Crippen molar-refractivity contribution in [3.8, 4) is 0 Å². The first-order valence-corrected chi connectivity index (χ1v) is 7.25. The van der Waals surface area contributed by atoms with Crippen LogP contribution in [0.3, 0.4) is 0 Å². The topological polar surface area (TPSA) is 126 Å². The molecule has 1 aliphatic carbocycles. The average molecular weight is 307 g/mol. The third-order valence-corrected chi connectivity index (χ3v) is 4.07. The van der Waals surface area contributed by atoms with E-state index in [0.29, 0.717) is 23.0 Å². The molecule has 9 heteroatoms. The molecule has 22 heavy (non-hydrogen) atoms. The van der Waals surface area contributed by atoms with Crippen molar-refractivity contribution in [3.63, 3.8) is 0 Å². The highest BCUT2D eigenvalue weighted by atomic mass is 16.6. The van der Waals surface area contributed by atoms with Gasteiger partial charge in [-0.15, -0.1) is 0 Å². The Morgan fingerprint density at radius 2 is 2.05 bits per heavy atom. The Bertz CT molecular complexity index is 688. The van der Waals surface area contributed by atoms with E-state index in [2.05, 4.69) is 20.3 Å². The van der Waals surface area contributed by atoms with Gasteiger partial charge in [-0.2, -0.15) is 0 Å². The van der Waals surface area contributed by atoms with E-state index in [-0.39, 0.29) is 6.61 Å². The highest BCUT2D eigenvalue weighted by Crippen LogP contribution is 2.33. The lowest BCUT2D eigenvalue weighted by Gasteiger charge is -2.16. The molecule has 4 rings (SSSR count). The fraction of sp³-hybridized carbons (Fsp3) is 0.615. The van der Waals surface area contributed by atoms with Gasteiger partial charge < -0.3 is 25.4 Å². The lowest BCUT2D eigenvalue weighted by molar-refractivity contribution is -0.0511. The van der Waals surface area contributed by atoms with Crippen LogP contribution in [-0.4, -0.2) is 65.8 Å². The van der Waals surface area contributed by atoms with Gasteiger partial charge in [0, 0.05) is 6.04 Å². The molecule has 0 spiro atoms. The molecule has 9 nitrogen and oxygen atoms in total. The third-order valence-electron chi connectivity index (χ3n) is 4.07. The summed E-state index contributed by atoms with van der Waals surface area (Å²) in [6, 6.07) is 0.428. The van der Waals surface area contributed by atoms with Crippen molar-refractivity contribution < 1.29 is 20.1 Å². The maximum absolute atomic E-state index is 10.1. The van der Waals surface area contributed by atoms with Gasteiger partial charge in [0.1, 0.15) is 24.6 Å². The Morgan fingerprint density at radius 1 is 1.23 bits per heavy atom. The number of aromatic nitrogens is 4. The molecule has 0 aromatic carbocycles. The molecule has 4 N–H and O–H groups in total. The predicted octanol–water partition coefficient (Wildman–Crippen LogP) is -0.988. The summed E-state index contributed by atoms with van der Waals surface area (Å²) in [5, 5.41) is 32.4. The normalized spacial score (nSPS) is 31.8. The molecule has 4 atom stereocenters. The summed E-state index contributed by atoms with van der Waals surface area (Å²) in [7, 11) is 0. The smallest absolute Gasteiger partial charge is 0.167 e. The van der Waals surface area contributed by atoms with Gasteiger partial charge in [0.2, 0.25) is 0 Å². The van der Waals surface area contributed by atoms with E-state index in [1.165, 1.54) is 12.7 Å². The lowest BCUT2D eigenvalue weighted by Crippen LogP contribution is -2.33. The summed E-state index contributed by atoms with van der Waals surface area (Å²) < 4.78 is 7.07. The van der Waals surface area contributed by atoms with E-state index in [9.17, 15) is 15.3 Å². The number of nitrogens with zero attached hydrogens (tertiary/aromatic N) is 4.